The number of piperidine rings is 1. The van der Waals surface area contributed by atoms with Gasteiger partial charge in [-0.2, -0.15) is 0 Å². The Morgan fingerprint density at radius 2 is 1.74 bits per heavy atom. The molecule has 3 heterocycles. The first-order valence-electron chi connectivity index (χ1n) is 9.84. The lowest BCUT2D eigenvalue weighted by atomic mass is 10.1. The van der Waals surface area contributed by atoms with Crippen molar-refractivity contribution in [2.75, 3.05) is 39.4 Å². The van der Waals surface area contributed by atoms with Crippen LogP contribution in [0.15, 0.2) is 33.5 Å². The van der Waals surface area contributed by atoms with Gasteiger partial charge in [-0.25, -0.2) is 0 Å². The van der Waals surface area contributed by atoms with E-state index in [1.165, 1.54) is 6.42 Å². The first kappa shape index (κ1) is 18.2. The molecule has 0 aliphatic carbocycles. The normalized spacial score (nSPS) is 18.7. The highest BCUT2D eigenvalue weighted by Gasteiger charge is 2.23. The van der Waals surface area contributed by atoms with Crippen LogP contribution in [0.3, 0.4) is 0 Å². The lowest BCUT2D eigenvalue weighted by Crippen LogP contribution is -2.39. The van der Waals surface area contributed by atoms with Crippen molar-refractivity contribution >= 4 is 16.9 Å². The van der Waals surface area contributed by atoms with E-state index in [2.05, 4.69) is 4.90 Å². The first-order chi connectivity index (χ1) is 13.2. The van der Waals surface area contributed by atoms with E-state index in [4.69, 9.17) is 9.15 Å². The lowest BCUT2D eigenvalue weighted by Gasteiger charge is -2.28. The molecule has 2 aromatic rings. The second-order valence-corrected chi connectivity index (χ2v) is 7.34. The number of likely N-dealkylation sites (tertiary alicyclic amines) is 1. The van der Waals surface area contributed by atoms with E-state index in [1.807, 2.05) is 17.0 Å². The molecule has 4 rings (SSSR count). The molecule has 1 aromatic heterocycles. The SMILES string of the molecule is O=C(Cc1oc2ccccc2c(=O)c1CN1CCOCC1)N1CCCCC1. The zero-order valence-corrected chi connectivity index (χ0v) is 15.6. The van der Waals surface area contributed by atoms with Gasteiger partial charge < -0.3 is 14.1 Å². The summed E-state index contributed by atoms with van der Waals surface area (Å²) in [6.45, 7) is 5.00. The van der Waals surface area contributed by atoms with Crippen LogP contribution in [0.25, 0.3) is 11.0 Å². The largest absolute Gasteiger partial charge is 0.460 e. The smallest absolute Gasteiger partial charge is 0.230 e. The van der Waals surface area contributed by atoms with Crippen LogP contribution in [0.2, 0.25) is 0 Å². The Kier molecular flexibility index (Phi) is 5.55. The molecule has 2 aliphatic rings. The van der Waals surface area contributed by atoms with Gasteiger partial charge in [-0.15, -0.1) is 0 Å². The molecule has 27 heavy (non-hydrogen) atoms. The van der Waals surface area contributed by atoms with Gasteiger partial charge in [0.25, 0.3) is 0 Å². The Balaban J connectivity index is 1.66. The van der Waals surface area contributed by atoms with E-state index in [0.29, 0.717) is 42.1 Å². The molecule has 2 aliphatic heterocycles. The van der Waals surface area contributed by atoms with Crippen molar-refractivity contribution in [2.24, 2.45) is 0 Å². The summed E-state index contributed by atoms with van der Waals surface area (Å²) >= 11 is 0. The van der Waals surface area contributed by atoms with Crippen LogP contribution >= 0.6 is 0 Å². The summed E-state index contributed by atoms with van der Waals surface area (Å²) in [6, 6.07) is 7.28. The lowest BCUT2D eigenvalue weighted by molar-refractivity contribution is -0.131. The van der Waals surface area contributed by atoms with Crippen LogP contribution in [0.4, 0.5) is 0 Å². The maximum absolute atomic E-state index is 13.1. The van der Waals surface area contributed by atoms with Gasteiger partial charge in [-0.05, 0) is 31.4 Å². The van der Waals surface area contributed by atoms with Crippen molar-refractivity contribution in [3.63, 3.8) is 0 Å². The van der Waals surface area contributed by atoms with Gasteiger partial charge in [0.05, 0.1) is 30.6 Å². The number of para-hydroxylation sites is 1. The van der Waals surface area contributed by atoms with E-state index < -0.39 is 0 Å². The second-order valence-electron chi connectivity index (χ2n) is 7.34. The molecular formula is C21H26N2O4. The standard InChI is InChI=1S/C21H26N2O4/c24-20(23-8-4-1-5-9-23)14-19-17(15-22-10-12-26-13-11-22)21(25)16-6-2-3-7-18(16)27-19/h2-3,6-7H,1,4-5,8-15H2. The van der Waals surface area contributed by atoms with Gasteiger partial charge in [0.15, 0.2) is 5.43 Å². The number of rotatable bonds is 4. The molecule has 0 unspecified atom stereocenters. The first-order valence-corrected chi connectivity index (χ1v) is 9.84. The molecule has 6 nitrogen and oxygen atoms in total. The highest BCUT2D eigenvalue weighted by atomic mass is 16.5. The zero-order valence-electron chi connectivity index (χ0n) is 15.6. The number of benzene rings is 1. The Labute approximate surface area is 158 Å². The summed E-state index contributed by atoms with van der Waals surface area (Å²) in [6.07, 6.45) is 3.43. The summed E-state index contributed by atoms with van der Waals surface area (Å²) in [7, 11) is 0. The van der Waals surface area contributed by atoms with Crippen LogP contribution in [0.5, 0.6) is 0 Å². The zero-order chi connectivity index (χ0) is 18.6. The van der Waals surface area contributed by atoms with Gasteiger partial charge in [0.1, 0.15) is 11.3 Å². The molecule has 0 atom stereocenters. The summed E-state index contributed by atoms with van der Waals surface area (Å²) in [4.78, 5) is 30.0. The fourth-order valence-electron chi connectivity index (χ4n) is 3.90. The van der Waals surface area contributed by atoms with Crippen LogP contribution < -0.4 is 5.43 Å². The number of carbonyl (C=O) groups excluding carboxylic acids is 1. The maximum atomic E-state index is 13.1. The second kappa shape index (κ2) is 8.23. The summed E-state index contributed by atoms with van der Waals surface area (Å²) in [5.41, 5.74) is 1.14. The van der Waals surface area contributed by atoms with Crippen molar-refractivity contribution in [3.05, 3.63) is 45.8 Å². The van der Waals surface area contributed by atoms with Crippen LogP contribution in [0.1, 0.15) is 30.6 Å². The highest BCUT2D eigenvalue weighted by Crippen LogP contribution is 2.20. The third-order valence-electron chi connectivity index (χ3n) is 5.48. The Bertz CT molecular complexity index is 864. The van der Waals surface area contributed by atoms with Gasteiger partial charge in [0, 0.05) is 32.7 Å². The van der Waals surface area contributed by atoms with E-state index in [0.717, 1.165) is 39.0 Å². The number of morpholine rings is 1. The summed E-state index contributed by atoms with van der Waals surface area (Å²) in [5, 5.41) is 0.579. The minimum atomic E-state index is -0.0233. The third kappa shape index (κ3) is 4.06. The molecule has 1 amide bonds. The van der Waals surface area contributed by atoms with Crippen molar-refractivity contribution in [2.45, 2.75) is 32.2 Å². The quantitative estimate of drug-likeness (QED) is 0.825. The number of fused-ring (bicyclic) bond motifs is 1. The molecular weight excluding hydrogens is 344 g/mol. The Morgan fingerprint density at radius 1 is 1.00 bits per heavy atom. The summed E-state index contributed by atoms with van der Waals surface area (Å²) in [5.74, 6) is 0.567. The van der Waals surface area contributed by atoms with E-state index in [-0.39, 0.29) is 17.8 Å². The number of nitrogens with zero attached hydrogens (tertiary/aromatic N) is 2. The maximum Gasteiger partial charge on any atom is 0.230 e. The van der Waals surface area contributed by atoms with Gasteiger partial charge >= 0.3 is 0 Å². The molecule has 0 spiro atoms. The average Bonchev–Trinajstić information content (AvgIpc) is 2.72. The Morgan fingerprint density at radius 3 is 2.52 bits per heavy atom. The van der Waals surface area contributed by atoms with Crippen molar-refractivity contribution in [1.29, 1.82) is 0 Å². The van der Waals surface area contributed by atoms with Crippen molar-refractivity contribution in [1.82, 2.24) is 9.80 Å². The summed E-state index contributed by atoms with van der Waals surface area (Å²) < 4.78 is 11.5. The third-order valence-corrected chi connectivity index (χ3v) is 5.48. The molecule has 6 heteroatoms. The van der Waals surface area contributed by atoms with Gasteiger partial charge in [-0.3, -0.25) is 14.5 Å². The van der Waals surface area contributed by atoms with E-state index in [1.54, 1.807) is 12.1 Å². The van der Waals surface area contributed by atoms with Gasteiger partial charge in [-0.1, -0.05) is 12.1 Å². The minimum Gasteiger partial charge on any atom is -0.460 e. The molecule has 2 saturated heterocycles. The predicted octanol–water partition coefficient (Wildman–Crippen LogP) is 2.18. The van der Waals surface area contributed by atoms with Crippen LogP contribution in [-0.2, 0) is 22.5 Å². The molecule has 0 N–H and O–H groups in total. The topological polar surface area (TPSA) is 63.0 Å². The van der Waals surface area contributed by atoms with Crippen molar-refractivity contribution in [3.8, 4) is 0 Å². The number of carbonyl (C=O) groups is 1. The molecule has 0 saturated carbocycles. The fourth-order valence-corrected chi connectivity index (χ4v) is 3.90. The predicted molar refractivity (Wildman–Crippen MR) is 103 cm³/mol. The molecule has 1 aromatic carbocycles. The number of amides is 1. The van der Waals surface area contributed by atoms with Gasteiger partial charge in [0.2, 0.25) is 5.91 Å². The van der Waals surface area contributed by atoms with E-state index in [9.17, 15) is 9.59 Å². The van der Waals surface area contributed by atoms with Crippen LogP contribution in [0, 0.1) is 0 Å². The molecule has 0 bridgehead atoms. The molecule has 0 radical (unpaired) electrons. The highest BCUT2D eigenvalue weighted by molar-refractivity contribution is 5.81. The monoisotopic (exact) mass is 370 g/mol. The van der Waals surface area contributed by atoms with Crippen molar-refractivity contribution < 1.29 is 13.9 Å². The molecule has 2 fully saturated rings. The molecule has 144 valence electrons. The number of ether oxygens (including phenoxy) is 1. The van der Waals surface area contributed by atoms with Crippen LogP contribution in [-0.4, -0.2) is 55.1 Å². The average molecular weight is 370 g/mol. The minimum absolute atomic E-state index is 0.0233. The number of hydrogen-bond donors (Lipinski definition) is 0. The van der Waals surface area contributed by atoms with E-state index >= 15 is 0 Å². The number of hydrogen-bond acceptors (Lipinski definition) is 5. The fraction of sp³-hybridized carbons (Fsp3) is 0.524. The Hall–Kier alpha value is -2.18.